The molecular formula is C25H33N7O. The van der Waals surface area contributed by atoms with E-state index in [9.17, 15) is 4.79 Å². The Hall–Kier alpha value is -3.26. The SMILES string of the molecule is Cc1cc(-c2ccnc(Nc3cnn(C)c3)n2)ccc1CN1CCN(CC(C)(C)C)CC1=O. The molecule has 1 aliphatic rings. The lowest BCUT2D eigenvalue weighted by Gasteiger charge is -2.37. The number of piperazine rings is 1. The van der Waals surface area contributed by atoms with Crippen LogP contribution in [0.1, 0.15) is 31.9 Å². The van der Waals surface area contributed by atoms with E-state index in [4.69, 9.17) is 0 Å². The van der Waals surface area contributed by atoms with Crippen molar-refractivity contribution in [3.05, 3.63) is 54.0 Å². The van der Waals surface area contributed by atoms with Crippen LogP contribution in [0.5, 0.6) is 0 Å². The van der Waals surface area contributed by atoms with E-state index < -0.39 is 0 Å². The van der Waals surface area contributed by atoms with Crippen LogP contribution in [0.3, 0.4) is 0 Å². The molecule has 0 unspecified atom stereocenters. The van der Waals surface area contributed by atoms with Crippen molar-refractivity contribution in [3.63, 3.8) is 0 Å². The van der Waals surface area contributed by atoms with Crippen molar-refractivity contribution in [2.45, 2.75) is 34.2 Å². The molecule has 8 heteroatoms. The molecule has 33 heavy (non-hydrogen) atoms. The Kier molecular flexibility index (Phi) is 6.47. The highest BCUT2D eigenvalue weighted by atomic mass is 16.2. The Morgan fingerprint density at radius 3 is 2.64 bits per heavy atom. The molecule has 3 heterocycles. The highest BCUT2D eigenvalue weighted by molar-refractivity contribution is 5.79. The largest absolute Gasteiger partial charge is 0.336 e. The highest BCUT2D eigenvalue weighted by Crippen LogP contribution is 2.24. The molecule has 0 radical (unpaired) electrons. The number of carbonyl (C=O) groups excluding carboxylic acids is 1. The summed E-state index contributed by atoms with van der Waals surface area (Å²) in [6.45, 7) is 12.5. The topological polar surface area (TPSA) is 79.2 Å². The molecule has 3 aromatic rings. The summed E-state index contributed by atoms with van der Waals surface area (Å²) in [5, 5.41) is 7.34. The summed E-state index contributed by atoms with van der Waals surface area (Å²) >= 11 is 0. The van der Waals surface area contributed by atoms with Crippen LogP contribution in [-0.4, -0.2) is 61.6 Å². The molecular weight excluding hydrogens is 414 g/mol. The molecule has 0 bridgehead atoms. The number of hydrogen-bond acceptors (Lipinski definition) is 6. The number of rotatable bonds is 6. The third kappa shape index (κ3) is 5.96. The van der Waals surface area contributed by atoms with Crippen molar-refractivity contribution in [2.75, 3.05) is 31.5 Å². The molecule has 0 saturated carbocycles. The van der Waals surface area contributed by atoms with Gasteiger partial charge in [0.25, 0.3) is 0 Å². The summed E-state index contributed by atoms with van der Waals surface area (Å²) in [6, 6.07) is 8.21. The van der Waals surface area contributed by atoms with Crippen LogP contribution in [0.4, 0.5) is 11.6 Å². The van der Waals surface area contributed by atoms with E-state index in [-0.39, 0.29) is 11.3 Å². The predicted molar refractivity (Wildman–Crippen MR) is 130 cm³/mol. The second-order valence-corrected chi connectivity index (χ2v) is 10.0. The fourth-order valence-corrected chi connectivity index (χ4v) is 4.16. The molecule has 1 saturated heterocycles. The molecule has 0 aliphatic carbocycles. The van der Waals surface area contributed by atoms with Gasteiger partial charge in [-0.3, -0.25) is 14.4 Å². The maximum absolute atomic E-state index is 12.7. The monoisotopic (exact) mass is 447 g/mol. The van der Waals surface area contributed by atoms with E-state index in [2.05, 4.69) is 71.2 Å². The van der Waals surface area contributed by atoms with Gasteiger partial charge in [-0.1, -0.05) is 32.9 Å². The first-order valence-corrected chi connectivity index (χ1v) is 11.3. The van der Waals surface area contributed by atoms with Gasteiger partial charge in [0.2, 0.25) is 11.9 Å². The van der Waals surface area contributed by atoms with Crippen molar-refractivity contribution in [1.29, 1.82) is 0 Å². The van der Waals surface area contributed by atoms with Crippen molar-refractivity contribution in [1.82, 2.24) is 29.5 Å². The van der Waals surface area contributed by atoms with Gasteiger partial charge < -0.3 is 10.2 Å². The quantitative estimate of drug-likeness (QED) is 0.622. The number of benzene rings is 1. The van der Waals surface area contributed by atoms with Crippen LogP contribution in [0.2, 0.25) is 0 Å². The standard InChI is InChI=1S/C25H33N7O/c1-18-12-19(22-8-9-26-24(29-22)28-21-13-27-30(5)15-21)6-7-20(18)14-32-11-10-31(16-23(32)33)17-25(2,3)4/h6-9,12-13,15H,10-11,14,16-17H2,1-5H3,(H,26,28,29). The van der Waals surface area contributed by atoms with Crippen LogP contribution < -0.4 is 5.32 Å². The van der Waals surface area contributed by atoms with Gasteiger partial charge in [-0.15, -0.1) is 0 Å². The first kappa shape index (κ1) is 22.9. The lowest BCUT2D eigenvalue weighted by molar-refractivity contribution is -0.137. The number of aryl methyl sites for hydroxylation is 2. The van der Waals surface area contributed by atoms with E-state index in [0.717, 1.165) is 42.1 Å². The summed E-state index contributed by atoms with van der Waals surface area (Å²) in [7, 11) is 1.87. The number of nitrogens with one attached hydrogen (secondary N) is 1. The summed E-state index contributed by atoms with van der Waals surface area (Å²) in [6.07, 6.45) is 5.36. The zero-order valence-corrected chi connectivity index (χ0v) is 20.2. The molecule has 1 aromatic carbocycles. The lowest BCUT2D eigenvalue weighted by Crippen LogP contribution is -2.51. The zero-order chi connectivity index (χ0) is 23.6. The Labute approximate surface area is 195 Å². The number of carbonyl (C=O) groups is 1. The first-order valence-electron chi connectivity index (χ1n) is 11.3. The molecule has 1 aliphatic heterocycles. The number of aromatic nitrogens is 4. The molecule has 1 N–H and O–H groups in total. The second kappa shape index (κ2) is 9.31. The number of nitrogens with zero attached hydrogens (tertiary/aromatic N) is 6. The first-order chi connectivity index (χ1) is 15.7. The number of hydrogen-bond donors (Lipinski definition) is 1. The lowest BCUT2D eigenvalue weighted by atomic mass is 9.95. The van der Waals surface area contributed by atoms with Crippen molar-refractivity contribution < 1.29 is 4.79 Å². The molecule has 0 atom stereocenters. The van der Waals surface area contributed by atoms with Crippen LogP contribution >= 0.6 is 0 Å². The summed E-state index contributed by atoms with van der Waals surface area (Å²) in [5.41, 5.74) is 5.22. The van der Waals surface area contributed by atoms with E-state index in [1.807, 2.05) is 24.2 Å². The van der Waals surface area contributed by atoms with Gasteiger partial charge in [0.05, 0.1) is 24.1 Å². The molecule has 1 amide bonds. The Morgan fingerprint density at radius 1 is 1.15 bits per heavy atom. The van der Waals surface area contributed by atoms with Gasteiger partial charge >= 0.3 is 0 Å². The Morgan fingerprint density at radius 2 is 1.97 bits per heavy atom. The Bertz CT molecular complexity index is 1130. The van der Waals surface area contributed by atoms with Gasteiger partial charge in [-0.05, 0) is 35.6 Å². The Balaban J connectivity index is 1.42. The molecule has 4 rings (SSSR count). The van der Waals surface area contributed by atoms with E-state index in [1.165, 1.54) is 5.56 Å². The highest BCUT2D eigenvalue weighted by Gasteiger charge is 2.27. The van der Waals surface area contributed by atoms with Gasteiger partial charge in [-0.25, -0.2) is 9.97 Å². The number of anilines is 2. The molecule has 174 valence electrons. The van der Waals surface area contributed by atoms with Crippen molar-refractivity contribution in [3.8, 4) is 11.3 Å². The average molecular weight is 448 g/mol. The van der Waals surface area contributed by atoms with E-state index in [0.29, 0.717) is 19.0 Å². The van der Waals surface area contributed by atoms with Crippen LogP contribution in [0, 0.1) is 12.3 Å². The molecule has 1 fully saturated rings. The van der Waals surface area contributed by atoms with Crippen LogP contribution in [-0.2, 0) is 18.4 Å². The minimum Gasteiger partial charge on any atom is -0.336 e. The van der Waals surface area contributed by atoms with Gasteiger partial charge in [0, 0.05) is 51.2 Å². The number of amides is 1. The maximum Gasteiger partial charge on any atom is 0.237 e. The fourth-order valence-electron chi connectivity index (χ4n) is 4.16. The normalized spacial score (nSPS) is 15.2. The van der Waals surface area contributed by atoms with Gasteiger partial charge in [0.1, 0.15) is 0 Å². The van der Waals surface area contributed by atoms with Crippen molar-refractivity contribution in [2.24, 2.45) is 12.5 Å². The van der Waals surface area contributed by atoms with E-state index >= 15 is 0 Å². The molecule has 8 nitrogen and oxygen atoms in total. The van der Waals surface area contributed by atoms with Crippen LogP contribution in [0.15, 0.2) is 42.9 Å². The zero-order valence-electron chi connectivity index (χ0n) is 20.2. The van der Waals surface area contributed by atoms with Gasteiger partial charge in [-0.2, -0.15) is 5.10 Å². The second-order valence-electron chi connectivity index (χ2n) is 10.0. The average Bonchev–Trinajstić information content (AvgIpc) is 3.15. The van der Waals surface area contributed by atoms with Crippen LogP contribution in [0.25, 0.3) is 11.3 Å². The predicted octanol–water partition coefficient (Wildman–Crippen LogP) is 3.62. The molecule has 2 aromatic heterocycles. The molecule has 0 spiro atoms. The minimum absolute atomic E-state index is 0.198. The van der Waals surface area contributed by atoms with Crippen molar-refractivity contribution >= 4 is 17.5 Å². The van der Waals surface area contributed by atoms with Gasteiger partial charge in [0.15, 0.2) is 0 Å². The smallest absolute Gasteiger partial charge is 0.237 e. The summed E-state index contributed by atoms with van der Waals surface area (Å²) in [5.74, 6) is 0.733. The third-order valence-corrected chi connectivity index (χ3v) is 5.71. The van der Waals surface area contributed by atoms with E-state index in [1.54, 1.807) is 17.1 Å². The maximum atomic E-state index is 12.7. The third-order valence-electron chi connectivity index (χ3n) is 5.71. The summed E-state index contributed by atoms with van der Waals surface area (Å²) < 4.78 is 1.73. The summed E-state index contributed by atoms with van der Waals surface area (Å²) in [4.78, 5) is 25.9. The minimum atomic E-state index is 0.198. The fraction of sp³-hybridized carbons (Fsp3) is 0.440.